The molecule has 57 heavy (non-hydrogen) atoms. The minimum atomic E-state index is -4.43. The number of esters is 2. The van der Waals surface area contributed by atoms with Crippen LogP contribution in [0.4, 0.5) is 0 Å². The van der Waals surface area contributed by atoms with E-state index in [0.717, 1.165) is 44.9 Å². The summed E-state index contributed by atoms with van der Waals surface area (Å²) in [6.45, 7) is 3.28. The Bertz CT molecular complexity index is 1240. The lowest BCUT2D eigenvalue weighted by atomic mass is 10.1. The number of hydrogen-bond acceptors (Lipinski definition) is 10. The third-order valence-electron chi connectivity index (χ3n) is 8.44. The molecule has 0 heterocycles. The van der Waals surface area contributed by atoms with Crippen molar-refractivity contribution in [3.63, 3.8) is 0 Å². The second-order valence-electron chi connectivity index (χ2n) is 13.9. The van der Waals surface area contributed by atoms with Gasteiger partial charge in [0.15, 0.2) is 6.10 Å². The van der Waals surface area contributed by atoms with Crippen molar-refractivity contribution >= 4 is 19.8 Å². The summed E-state index contributed by atoms with van der Waals surface area (Å²) in [7, 11) is -4.43. The molecule has 5 N–H and O–H groups in total. The maximum Gasteiger partial charge on any atom is 0.472 e. The molecule has 0 amide bonds. The van der Waals surface area contributed by atoms with E-state index in [4.69, 9.17) is 24.3 Å². The van der Waals surface area contributed by atoms with Crippen molar-refractivity contribution in [2.24, 2.45) is 5.73 Å². The van der Waals surface area contributed by atoms with Crippen LogP contribution in [0.15, 0.2) is 85.1 Å². The number of hydrogen-bond donors (Lipinski definition) is 4. The molecule has 11 nitrogen and oxygen atoms in total. The number of unbranched alkanes of at least 4 members (excludes halogenated alkanes) is 12. The molecule has 0 fully saturated rings. The largest absolute Gasteiger partial charge is 0.472 e. The van der Waals surface area contributed by atoms with E-state index in [-0.39, 0.29) is 32.6 Å². The Morgan fingerprint density at radius 3 is 1.93 bits per heavy atom. The molecule has 0 aliphatic rings. The van der Waals surface area contributed by atoms with E-state index in [1.165, 1.54) is 38.5 Å². The van der Waals surface area contributed by atoms with E-state index in [0.29, 0.717) is 32.1 Å². The second-order valence-corrected chi connectivity index (χ2v) is 15.3. The summed E-state index contributed by atoms with van der Waals surface area (Å²) in [6.07, 6.45) is 42.6. The van der Waals surface area contributed by atoms with Crippen LogP contribution < -0.4 is 5.73 Å². The van der Waals surface area contributed by atoms with Crippen molar-refractivity contribution in [1.29, 1.82) is 0 Å². The lowest BCUT2D eigenvalue weighted by Crippen LogP contribution is -2.29. The minimum absolute atomic E-state index is 0.0185. The van der Waals surface area contributed by atoms with Crippen LogP contribution in [0.25, 0.3) is 0 Å². The molecule has 0 saturated carbocycles. The Morgan fingerprint density at radius 1 is 0.649 bits per heavy atom. The predicted octanol–water partition coefficient (Wildman–Crippen LogP) is 9.99. The van der Waals surface area contributed by atoms with Crippen molar-refractivity contribution in [2.45, 2.75) is 161 Å². The van der Waals surface area contributed by atoms with Gasteiger partial charge in [-0.1, -0.05) is 150 Å². The molecule has 0 rings (SSSR count). The Morgan fingerprint density at radius 2 is 1.26 bits per heavy atom. The summed E-state index contributed by atoms with van der Waals surface area (Å²) in [6, 6.07) is 0. The summed E-state index contributed by atoms with van der Waals surface area (Å²) in [5.74, 6) is -1.03. The standard InChI is InChI=1S/C45H76NO10P/c1-3-5-7-8-9-10-11-12-13-14-15-16-20-23-29-36-45(50)56-43(40-55-57(51,52)54-38-37-46)39-53-44(49)35-30-24-28-34-42(48)33-27-22-19-17-18-21-26-32-41(47)31-25-6-4-2/h6,12-13,18-19,21-22,25-28,32-34,41-43,47-48H,3-5,7-11,14-17,20,23-24,29-31,35-40,46H2,1-2H3,(H,51,52)/b13-12-,21-18-,22-19-,25-6-,32-26+,33-27+,34-28-/t41-,42-,43-/m1/s1. The quantitative estimate of drug-likeness (QED) is 0.0153. The number of carbonyl (C=O) groups is 2. The SMILES string of the molecule is CC/C=C\C[C@@H](O)/C=C/C=C\C/C=C\C=C\[C@@H](O)/C=C\CCCC(=O)OC[C@H](COP(=O)(O)OCCN)OC(=O)CCCCCCC/C=C\CCCCCCCC. The molecule has 0 aliphatic carbocycles. The first-order chi connectivity index (χ1) is 27.6. The second kappa shape index (κ2) is 39.9. The number of rotatable bonds is 38. The van der Waals surface area contributed by atoms with Gasteiger partial charge in [0.2, 0.25) is 0 Å². The highest BCUT2D eigenvalue weighted by molar-refractivity contribution is 7.47. The predicted molar refractivity (Wildman–Crippen MR) is 231 cm³/mol. The summed E-state index contributed by atoms with van der Waals surface area (Å²) in [4.78, 5) is 34.8. The Kier molecular flexibility index (Phi) is 37.9. The van der Waals surface area contributed by atoms with Gasteiger partial charge in [0, 0.05) is 19.4 Å². The first-order valence-electron chi connectivity index (χ1n) is 21.3. The zero-order valence-corrected chi connectivity index (χ0v) is 35.9. The Labute approximate surface area is 344 Å². The molecule has 0 saturated heterocycles. The van der Waals surface area contributed by atoms with E-state index < -0.39 is 44.7 Å². The van der Waals surface area contributed by atoms with E-state index >= 15 is 0 Å². The maximum absolute atomic E-state index is 12.6. The number of ether oxygens (including phenoxy) is 2. The zero-order chi connectivity index (χ0) is 42.1. The number of aliphatic hydroxyl groups excluding tert-OH is 2. The molecular formula is C45H76NO10P. The molecule has 0 aliphatic heterocycles. The molecule has 0 radical (unpaired) electrons. The summed E-state index contributed by atoms with van der Waals surface area (Å²) >= 11 is 0. The summed E-state index contributed by atoms with van der Waals surface area (Å²) < 4.78 is 32.6. The highest BCUT2D eigenvalue weighted by atomic mass is 31.2. The summed E-state index contributed by atoms with van der Waals surface area (Å²) in [5, 5.41) is 20.0. The third-order valence-corrected chi connectivity index (χ3v) is 9.42. The van der Waals surface area contributed by atoms with E-state index in [2.05, 4.69) is 26.0 Å². The Hall–Kier alpha value is -2.89. The van der Waals surface area contributed by atoms with Gasteiger partial charge in [0.1, 0.15) is 6.61 Å². The number of carbonyl (C=O) groups excluding carboxylic acids is 2. The van der Waals surface area contributed by atoms with E-state index in [9.17, 15) is 29.3 Å². The number of phosphoric acid groups is 1. The normalized spacial score (nSPS) is 15.3. The van der Waals surface area contributed by atoms with Gasteiger partial charge in [-0.3, -0.25) is 18.6 Å². The van der Waals surface area contributed by atoms with Crippen LogP contribution in [0.3, 0.4) is 0 Å². The monoisotopic (exact) mass is 822 g/mol. The van der Waals surface area contributed by atoms with Crippen LogP contribution in [-0.2, 0) is 32.7 Å². The van der Waals surface area contributed by atoms with Crippen molar-refractivity contribution in [3.8, 4) is 0 Å². The van der Waals surface area contributed by atoms with Crippen LogP contribution in [0.5, 0.6) is 0 Å². The van der Waals surface area contributed by atoms with Crippen molar-refractivity contribution < 1.29 is 47.8 Å². The molecule has 0 aromatic rings. The first-order valence-corrected chi connectivity index (χ1v) is 22.8. The van der Waals surface area contributed by atoms with E-state index in [1.807, 2.05) is 42.5 Å². The Balaban J connectivity index is 4.45. The first kappa shape index (κ1) is 54.1. The highest BCUT2D eigenvalue weighted by Crippen LogP contribution is 2.43. The topological polar surface area (TPSA) is 175 Å². The van der Waals surface area contributed by atoms with Gasteiger partial charge in [-0.25, -0.2) is 4.57 Å². The fourth-order valence-electron chi connectivity index (χ4n) is 5.25. The van der Waals surface area contributed by atoms with Crippen LogP contribution in [0.2, 0.25) is 0 Å². The van der Waals surface area contributed by atoms with Crippen LogP contribution in [0, 0.1) is 0 Å². The van der Waals surface area contributed by atoms with Gasteiger partial charge in [-0.2, -0.15) is 0 Å². The molecule has 0 aromatic heterocycles. The van der Waals surface area contributed by atoms with E-state index in [1.54, 1.807) is 30.4 Å². The average Bonchev–Trinajstić information content (AvgIpc) is 3.18. The molecule has 0 spiro atoms. The van der Waals surface area contributed by atoms with Gasteiger partial charge in [0.05, 0.1) is 25.4 Å². The van der Waals surface area contributed by atoms with Crippen molar-refractivity contribution in [1.82, 2.24) is 0 Å². The van der Waals surface area contributed by atoms with Crippen LogP contribution in [-0.4, -0.2) is 71.7 Å². The van der Waals surface area contributed by atoms with Gasteiger partial charge in [-0.15, -0.1) is 0 Å². The lowest BCUT2D eigenvalue weighted by Gasteiger charge is -2.19. The fraction of sp³-hybridized carbons (Fsp3) is 0.644. The number of phosphoric ester groups is 1. The van der Waals surface area contributed by atoms with Gasteiger partial charge >= 0.3 is 19.8 Å². The van der Waals surface area contributed by atoms with Crippen LogP contribution in [0.1, 0.15) is 142 Å². The van der Waals surface area contributed by atoms with Gasteiger partial charge in [0.25, 0.3) is 0 Å². The molecule has 0 bridgehead atoms. The number of nitrogens with two attached hydrogens (primary N) is 1. The summed E-state index contributed by atoms with van der Waals surface area (Å²) in [5.41, 5.74) is 5.33. The van der Waals surface area contributed by atoms with Crippen molar-refractivity contribution in [2.75, 3.05) is 26.4 Å². The fourth-order valence-corrected chi connectivity index (χ4v) is 6.02. The molecule has 326 valence electrons. The molecular weight excluding hydrogens is 745 g/mol. The number of allylic oxidation sites excluding steroid dienone is 10. The molecule has 12 heteroatoms. The molecule has 1 unspecified atom stereocenters. The smallest absolute Gasteiger partial charge is 0.462 e. The molecule has 0 aromatic carbocycles. The van der Waals surface area contributed by atoms with Gasteiger partial charge < -0.3 is 30.3 Å². The van der Waals surface area contributed by atoms with Crippen LogP contribution >= 0.6 is 7.82 Å². The van der Waals surface area contributed by atoms with Crippen molar-refractivity contribution in [3.05, 3.63) is 85.1 Å². The third kappa shape index (κ3) is 39.7. The minimum Gasteiger partial charge on any atom is -0.462 e. The van der Waals surface area contributed by atoms with Gasteiger partial charge in [-0.05, 0) is 64.2 Å². The lowest BCUT2D eigenvalue weighted by molar-refractivity contribution is -0.161. The highest BCUT2D eigenvalue weighted by Gasteiger charge is 2.26. The zero-order valence-electron chi connectivity index (χ0n) is 35.0. The average molecular weight is 822 g/mol. The number of aliphatic hydroxyl groups is 2. The maximum atomic E-state index is 12.6. The molecule has 4 atom stereocenters.